The van der Waals surface area contributed by atoms with Gasteiger partial charge in [-0.1, -0.05) is 49.2 Å². The van der Waals surface area contributed by atoms with Gasteiger partial charge in [0, 0.05) is 46.7 Å². The van der Waals surface area contributed by atoms with Gasteiger partial charge in [0.05, 0.1) is 12.1 Å². The molecule has 3 amide bonds. The lowest BCUT2D eigenvalue weighted by Gasteiger charge is -2.47. The van der Waals surface area contributed by atoms with Gasteiger partial charge in [-0.05, 0) is 85.3 Å². The van der Waals surface area contributed by atoms with Gasteiger partial charge in [0.2, 0.25) is 11.8 Å². The van der Waals surface area contributed by atoms with E-state index in [0.717, 1.165) is 0 Å². The van der Waals surface area contributed by atoms with Crippen LogP contribution in [0.15, 0.2) is 54.6 Å². The summed E-state index contributed by atoms with van der Waals surface area (Å²) < 4.78 is 21.6. The van der Waals surface area contributed by atoms with E-state index in [9.17, 15) is 23.9 Å². The van der Waals surface area contributed by atoms with Crippen molar-refractivity contribution in [3.05, 3.63) is 92.7 Å². The SMILES string of the molecule is CCC(CC)(Oc1ccc(Cl)cc1[C@H]1CC(=O)N[C@@H](c2cc(F)ccc2C)C12C(=O)Nc1cc(Cl)ccc12)C(=O)N1CC[C@@H](O)C1. The zero-order valence-electron chi connectivity index (χ0n) is 25.8. The summed E-state index contributed by atoms with van der Waals surface area (Å²) in [5.41, 5.74) is -0.0522. The Kier molecular flexibility index (Phi) is 8.54. The first-order chi connectivity index (χ1) is 21.9. The second-order valence-corrected chi connectivity index (χ2v) is 13.3. The van der Waals surface area contributed by atoms with Crippen molar-refractivity contribution in [1.82, 2.24) is 10.2 Å². The monoisotopic (exact) mass is 667 g/mol. The molecule has 0 saturated carbocycles. The number of ether oxygens (including phenoxy) is 1. The van der Waals surface area contributed by atoms with Gasteiger partial charge in [-0.3, -0.25) is 14.4 Å². The maximum atomic E-state index is 14.8. The predicted octanol–water partition coefficient (Wildman–Crippen LogP) is 6.21. The molecule has 8 nitrogen and oxygen atoms in total. The van der Waals surface area contributed by atoms with E-state index in [1.54, 1.807) is 54.3 Å². The van der Waals surface area contributed by atoms with Crippen LogP contribution in [0.25, 0.3) is 0 Å². The van der Waals surface area contributed by atoms with Crippen molar-refractivity contribution in [1.29, 1.82) is 0 Å². The van der Waals surface area contributed by atoms with Crippen molar-refractivity contribution >= 4 is 46.6 Å². The van der Waals surface area contributed by atoms with Gasteiger partial charge in [-0.15, -0.1) is 0 Å². The number of β-amino-alcohol motifs (C(OH)–C–C–N with tert-alkyl or cyclic N) is 1. The maximum Gasteiger partial charge on any atom is 0.266 e. The molecule has 2 saturated heterocycles. The number of aryl methyl sites for hydroxylation is 1. The second kappa shape index (κ2) is 12.2. The van der Waals surface area contributed by atoms with Crippen molar-refractivity contribution in [3.8, 4) is 5.75 Å². The van der Waals surface area contributed by atoms with Crippen LogP contribution in [0.3, 0.4) is 0 Å². The minimum atomic E-state index is -1.47. The first kappa shape index (κ1) is 32.3. The van der Waals surface area contributed by atoms with Crippen molar-refractivity contribution in [3.63, 3.8) is 0 Å². The van der Waals surface area contributed by atoms with Crippen LogP contribution < -0.4 is 15.4 Å². The summed E-state index contributed by atoms with van der Waals surface area (Å²) in [6.07, 6.45) is 0.440. The fraction of sp³-hybridized carbons (Fsp3) is 0.400. The number of anilines is 1. The molecule has 4 atom stereocenters. The number of benzene rings is 3. The van der Waals surface area contributed by atoms with Crippen molar-refractivity contribution in [2.24, 2.45) is 0 Å². The van der Waals surface area contributed by atoms with Crippen LogP contribution in [0.1, 0.15) is 73.7 Å². The molecule has 3 N–H and O–H groups in total. The van der Waals surface area contributed by atoms with Gasteiger partial charge in [0.25, 0.3) is 5.91 Å². The largest absolute Gasteiger partial charge is 0.477 e. The number of hydrogen-bond acceptors (Lipinski definition) is 5. The molecule has 2 fully saturated rings. The molecule has 1 unspecified atom stereocenters. The van der Waals surface area contributed by atoms with Crippen LogP contribution in [-0.2, 0) is 19.8 Å². The quantitative estimate of drug-likeness (QED) is 0.278. The number of carbonyl (C=O) groups is 3. The molecular weight excluding hydrogens is 632 g/mol. The van der Waals surface area contributed by atoms with Gasteiger partial charge in [-0.2, -0.15) is 0 Å². The lowest BCUT2D eigenvalue weighted by molar-refractivity contribution is -0.148. The third-order valence-electron chi connectivity index (χ3n) is 9.94. The highest BCUT2D eigenvalue weighted by Gasteiger charge is 2.62. The average molecular weight is 669 g/mol. The first-order valence-electron chi connectivity index (χ1n) is 15.6. The topological polar surface area (TPSA) is 108 Å². The van der Waals surface area contributed by atoms with E-state index in [2.05, 4.69) is 10.6 Å². The summed E-state index contributed by atoms with van der Waals surface area (Å²) in [4.78, 5) is 43.8. The van der Waals surface area contributed by atoms with E-state index in [-0.39, 0.29) is 24.8 Å². The zero-order chi connectivity index (χ0) is 33.0. The van der Waals surface area contributed by atoms with Crippen LogP contribution in [0.5, 0.6) is 5.75 Å². The Morgan fingerprint density at radius 1 is 1.07 bits per heavy atom. The van der Waals surface area contributed by atoms with E-state index in [0.29, 0.717) is 69.5 Å². The van der Waals surface area contributed by atoms with E-state index in [1.165, 1.54) is 12.1 Å². The summed E-state index contributed by atoms with van der Waals surface area (Å²) in [5, 5.41) is 16.9. The van der Waals surface area contributed by atoms with Crippen molar-refractivity contribution < 1.29 is 28.6 Å². The zero-order valence-corrected chi connectivity index (χ0v) is 27.3. The molecule has 3 aromatic rings. The Morgan fingerprint density at radius 3 is 2.48 bits per heavy atom. The molecule has 46 heavy (non-hydrogen) atoms. The number of rotatable bonds is 7. The fourth-order valence-corrected chi connectivity index (χ4v) is 7.85. The Bertz CT molecular complexity index is 1730. The van der Waals surface area contributed by atoms with Gasteiger partial charge < -0.3 is 25.4 Å². The number of piperidine rings is 1. The number of halogens is 3. The number of fused-ring (bicyclic) bond motifs is 2. The van der Waals surface area contributed by atoms with Crippen molar-refractivity contribution in [2.45, 2.75) is 75.5 Å². The van der Waals surface area contributed by atoms with Crippen LogP contribution in [0.2, 0.25) is 10.0 Å². The van der Waals surface area contributed by atoms with Gasteiger partial charge in [0.15, 0.2) is 5.60 Å². The second-order valence-electron chi connectivity index (χ2n) is 12.5. The molecule has 0 radical (unpaired) electrons. The molecule has 0 bridgehead atoms. The molecule has 3 aliphatic heterocycles. The number of nitrogens with one attached hydrogen (secondary N) is 2. The highest BCUT2D eigenvalue weighted by molar-refractivity contribution is 6.31. The summed E-state index contributed by atoms with van der Waals surface area (Å²) in [7, 11) is 0. The lowest BCUT2D eigenvalue weighted by Crippen LogP contribution is -2.57. The van der Waals surface area contributed by atoms with Gasteiger partial charge in [-0.25, -0.2) is 4.39 Å². The maximum absolute atomic E-state index is 14.8. The van der Waals surface area contributed by atoms with Crippen LogP contribution >= 0.6 is 23.2 Å². The van der Waals surface area contributed by atoms with Gasteiger partial charge in [0.1, 0.15) is 17.0 Å². The number of carbonyl (C=O) groups excluding carboxylic acids is 3. The number of nitrogens with zero attached hydrogens (tertiary/aromatic N) is 1. The summed E-state index contributed by atoms with van der Waals surface area (Å²) in [5.74, 6) is -2.02. The normalized spacial score (nSPS) is 24.2. The fourth-order valence-electron chi connectivity index (χ4n) is 7.49. The number of likely N-dealkylation sites (tertiary alicyclic amines) is 1. The van der Waals surface area contributed by atoms with Crippen LogP contribution in [0.4, 0.5) is 10.1 Å². The summed E-state index contributed by atoms with van der Waals surface area (Å²) >= 11 is 13.0. The minimum absolute atomic E-state index is 0.117. The minimum Gasteiger partial charge on any atom is -0.477 e. The molecule has 242 valence electrons. The van der Waals surface area contributed by atoms with Crippen LogP contribution in [-0.4, -0.2) is 52.5 Å². The molecule has 3 aromatic carbocycles. The number of hydrogen-bond donors (Lipinski definition) is 3. The van der Waals surface area contributed by atoms with Crippen molar-refractivity contribution in [2.75, 3.05) is 18.4 Å². The third-order valence-corrected chi connectivity index (χ3v) is 10.4. The highest BCUT2D eigenvalue weighted by Crippen LogP contribution is 2.59. The summed E-state index contributed by atoms with van der Waals surface area (Å²) in [6, 6.07) is 13.4. The number of amides is 3. The van der Waals surface area contributed by atoms with Gasteiger partial charge >= 0.3 is 0 Å². The van der Waals surface area contributed by atoms with E-state index in [4.69, 9.17) is 27.9 Å². The Morgan fingerprint density at radius 2 is 1.78 bits per heavy atom. The number of aliphatic hydroxyl groups excluding tert-OH is 1. The lowest BCUT2D eigenvalue weighted by atomic mass is 9.59. The number of aliphatic hydroxyl groups is 1. The molecule has 11 heteroatoms. The third kappa shape index (κ3) is 5.22. The molecule has 6 rings (SSSR count). The average Bonchev–Trinajstić information content (AvgIpc) is 3.58. The Labute approximate surface area is 277 Å². The van der Waals surface area contributed by atoms with E-state index in [1.807, 2.05) is 13.8 Å². The van der Waals surface area contributed by atoms with E-state index < -0.39 is 40.8 Å². The smallest absolute Gasteiger partial charge is 0.266 e. The van der Waals surface area contributed by atoms with Crippen LogP contribution in [0, 0.1) is 12.7 Å². The predicted molar refractivity (Wildman–Crippen MR) is 174 cm³/mol. The Hall–Kier alpha value is -3.66. The molecular formula is C35H36Cl2FN3O5. The highest BCUT2D eigenvalue weighted by atomic mass is 35.5. The molecule has 3 heterocycles. The first-order valence-corrected chi connectivity index (χ1v) is 16.3. The molecule has 0 aliphatic carbocycles. The molecule has 0 aromatic heterocycles. The molecule has 3 aliphatic rings. The van der Waals surface area contributed by atoms with E-state index >= 15 is 0 Å². The molecule has 1 spiro atoms. The Balaban J connectivity index is 1.56. The standard InChI is InChI=1S/C35H36Cl2FN3O5/c1-4-34(5-2,33(45)41-13-12-23(42)18-41)46-29-11-8-20(36)14-25(29)27-17-30(43)40-31(24-16-22(38)9-6-19(24)3)35(27)26-10-7-21(37)15-28(26)39-32(35)44/h6-11,14-16,23,27,31,42H,4-5,12-13,17-18H2,1-3H3,(H,39,44)(H,40,43)/t23-,27-,31+,35?/m1/s1. The summed E-state index contributed by atoms with van der Waals surface area (Å²) in [6.45, 7) is 6.17.